The summed E-state index contributed by atoms with van der Waals surface area (Å²) in [5, 5.41) is 0. The van der Waals surface area contributed by atoms with Crippen LogP contribution in [0.4, 0.5) is 24.8 Å². The van der Waals surface area contributed by atoms with Gasteiger partial charge in [0.25, 0.3) is 0 Å². The molecule has 0 atom stereocenters. The SMILES string of the molecule is CN(Cc1ccco1)c1cc(NN)nc(C(F)(F)F)n1. The molecular formula is C11H12F3N5O. The molecule has 2 aromatic heterocycles. The predicted molar refractivity (Wildman–Crippen MR) is 65.7 cm³/mol. The van der Waals surface area contributed by atoms with Gasteiger partial charge in [-0.05, 0) is 12.1 Å². The number of nitrogens with two attached hydrogens (primary N) is 1. The van der Waals surface area contributed by atoms with Gasteiger partial charge in [0.1, 0.15) is 17.4 Å². The van der Waals surface area contributed by atoms with Crippen molar-refractivity contribution < 1.29 is 17.6 Å². The molecule has 0 unspecified atom stereocenters. The third-order valence-corrected chi connectivity index (χ3v) is 2.48. The van der Waals surface area contributed by atoms with Gasteiger partial charge >= 0.3 is 6.18 Å². The van der Waals surface area contributed by atoms with E-state index in [9.17, 15) is 13.2 Å². The molecule has 0 fully saturated rings. The van der Waals surface area contributed by atoms with Crippen LogP contribution in [0.2, 0.25) is 0 Å². The fourth-order valence-corrected chi connectivity index (χ4v) is 1.55. The Morgan fingerprint density at radius 3 is 2.70 bits per heavy atom. The minimum absolute atomic E-state index is 0.0803. The van der Waals surface area contributed by atoms with Crippen molar-refractivity contribution in [3.05, 3.63) is 36.0 Å². The van der Waals surface area contributed by atoms with E-state index in [1.165, 1.54) is 17.2 Å². The lowest BCUT2D eigenvalue weighted by atomic mass is 10.4. The highest BCUT2D eigenvalue weighted by atomic mass is 19.4. The molecule has 0 aliphatic heterocycles. The molecule has 0 saturated heterocycles. The Kier molecular flexibility index (Phi) is 3.79. The quantitative estimate of drug-likeness (QED) is 0.661. The van der Waals surface area contributed by atoms with Gasteiger partial charge in [-0.15, -0.1) is 0 Å². The molecule has 0 amide bonds. The summed E-state index contributed by atoms with van der Waals surface area (Å²) in [5.41, 5.74) is 2.09. The van der Waals surface area contributed by atoms with E-state index in [4.69, 9.17) is 10.3 Å². The lowest BCUT2D eigenvalue weighted by Crippen LogP contribution is -2.22. The summed E-state index contributed by atoms with van der Waals surface area (Å²) in [5.74, 6) is 4.43. The number of hydrogen-bond donors (Lipinski definition) is 2. The molecule has 0 bridgehead atoms. The van der Waals surface area contributed by atoms with Crippen LogP contribution < -0.4 is 16.2 Å². The molecule has 2 rings (SSSR count). The zero-order valence-corrected chi connectivity index (χ0v) is 10.5. The fourth-order valence-electron chi connectivity index (χ4n) is 1.55. The minimum atomic E-state index is -4.65. The summed E-state index contributed by atoms with van der Waals surface area (Å²) in [6.45, 7) is 0.269. The van der Waals surface area contributed by atoms with E-state index in [1.54, 1.807) is 19.2 Å². The number of alkyl halides is 3. The van der Waals surface area contributed by atoms with Gasteiger partial charge < -0.3 is 14.7 Å². The predicted octanol–water partition coefficient (Wildman–Crippen LogP) is 2.01. The molecule has 0 aromatic carbocycles. The maximum atomic E-state index is 12.7. The fraction of sp³-hybridized carbons (Fsp3) is 0.273. The van der Waals surface area contributed by atoms with Crippen molar-refractivity contribution in [2.45, 2.75) is 12.7 Å². The second-order valence-corrected chi connectivity index (χ2v) is 4.01. The first-order valence-corrected chi connectivity index (χ1v) is 5.56. The topological polar surface area (TPSA) is 80.2 Å². The highest BCUT2D eigenvalue weighted by Gasteiger charge is 2.35. The Labute approximate surface area is 112 Å². The van der Waals surface area contributed by atoms with Gasteiger partial charge in [0.05, 0.1) is 12.8 Å². The first kappa shape index (κ1) is 14.1. The third kappa shape index (κ3) is 3.18. The van der Waals surface area contributed by atoms with E-state index in [0.29, 0.717) is 5.76 Å². The molecule has 0 saturated carbocycles. The van der Waals surface area contributed by atoms with Crippen LogP contribution in [0.25, 0.3) is 0 Å². The Morgan fingerprint density at radius 2 is 2.15 bits per heavy atom. The molecule has 2 heterocycles. The van der Waals surface area contributed by atoms with E-state index in [-0.39, 0.29) is 18.2 Å². The number of nitrogens with one attached hydrogen (secondary N) is 1. The maximum Gasteiger partial charge on any atom is 0.451 e. The van der Waals surface area contributed by atoms with Crippen LogP contribution in [0.1, 0.15) is 11.6 Å². The van der Waals surface area contributed by atoms with E-state index < -0.39 is 12.0 Å². The van der Waals surface area contributed by atoms with Gasteiger partial charge in [0, 0.05) is 13.1 Å². The summed E-state index contributed by atoms with van der Waals surface area (Å²) in [6.07, 6.45) is -3.16. The summed E-state index contributed by atoms with van der Waals surface area (Å²) >= 11 is 0. The summed E-state index contributed by atoms with van der Waals surface area (Å²) in [7, 11) is 1.59. The lowest BCUT2D eigenvalue weighted by molar-refractivity contribution is -0.144. The number of nitrogen functional groups attached to an aromatic ring is 1. The van der Waals surface area contributed by atoms with E-state index in [0.717, 1.165) is 0 Å². The highest BCUT2D eigenvalue weighted by Crippen LogP contribution is 2.29. The minimum Gasteiger partial charge on any atom is -0.467 e. The molecular weight excluding hydrogens is 275 g/mol. The van der Waals surface area contributed by atoms with Crippen molar-refractivity contribution in [2.24, 2.45) is 5.84 Å². The normalized spacial score (nSPS) is 11.4. The Bertz CT molecular complexity index is 570. The molecule has 3 N–H and O–H groups in total. The smallest absolute Gasteiger partial charge is 0.451 e. The van der Waals surface area contributed by atoms with Crippen LogP contribution in [0.3, 0.4) is 0 Å². The average molecular weight is 287 g/mol. The van der Waals surface area contributed by atoms with Gasteiger partial charge in [-0.3, -0.25) is 0 Å². The molecule has 20 heavy (non-hydrogen) atoms. The van der Waals surface area contributed by atoms with Crippen LogP contribution in [-0.2, 0) is 12.7 Å². The second kappa shape index (κ2) is 5.37. The second-order valence-electron chi connectivity index (χ2n) is 4.01. The van der Waals surface area contributed by atoms with Crippen LogP contribution >= 0.6 is 0 Å². The largest absolute Gasteiger partial charge is 0.467 e. The number of anilines is 2. The lowest BCUT2D eigenvalue weighted by Gasteiger charge is -2.18. The molecule has 2 aromatic rings. The summed E-state index contributed by atoms with van der Waals surface area (Å²) < 4.78 is 43.2. The molecule has 0 radical (unpaired) electrons. The zero-order chi connectivity index (χ0) is 14.8. The molecule has 0 aliphatic carbocycles. The van der Waals surface area contributed by atoms with Gasteiger partial charge in [0.2, 0.25) is 5.82 Å². The van der Waals surface area contributed by atoms with Gasteiger partial charge in [0.15, 0.2) is 0 Å². The van der Waals surface area contributed by atoms with Crippen LogP contribution in [-0.4, -0.2) is 17.0 Å². The number of hydrazine groups is 1. The number of furan rings is 1. The average Bonchev–Trinajstić information content (AvgIpc) is 2.90. The standard InChI is InChI=1S/C11H12F3N5O/c1-19(6-7-3-2-4-20-7)9-5-8(18-15)16-10(17-9)11(12,13)14/h2-5H,6,15H2,1H3,(H,16,17,18). The molecule has 6 nitrogen and oxygen atoms in total. The summed E-state index contributed by atoms with van der Waals surface area (Å²) in [4.78, 5) is 8.26. The number of aromatic nitrogens is 2. The summed E-state index contributed by atoms with van der Waals surface area (Å²) in [6, 6.07) is 4.72. The van der Waals surface area contributed by atoms with Crippen molar-refractivity contribution in [3.63, 3.8) is 0 Å². The maximum absolute atomic E-state index is 12.7. The van der Waals surface area contributed by atoms with E-state index >= 15 is 0 Å². The third-order valence-electron chi connectivity index (χ3n) is 2.48. The molecule has 0 spiro atoms. The van der Waals surface area contributed by atoms with Crippen molar-refractivity contribution in [1.29, 1.82) is 0 Å². The van der Waals surface area contributed by atoms with Gasteiger partial charge in [-0.25, -0.2) is 15.8 Å². The Morgan fingerprint density at radius 1 is 1.40 bits per heavy atom. The van der Waals surface area contributed by atoms with Gasteiger partial charge in [-0.1, -0.05) is 0 Å². The van der Waals surface area contributed by atoms with Crippen LogP contribution in [0, 0.1) is 0 Å². The van der Waals surface area contributed by atoms with Crippen molar-refractivity contribution in [3.8, 4) is 0 Å². The Balaban J connectivity index is 2.30. The van der Waals surface area contributed by atoms with Crippen molar-refractivity contribution in [1.82, 2.24) is 9.97 Å². The number of hydrogen-bond acceptors (Lipinski definition) is 6. The van der Waals surface area contributed by atoms with Crippen molar-refractivity contribution in [2.75, 3.05) is 17.4 Å². The molecule has 9 heteroatoms. The van der Waals surface area contributed by atoms with Crippen molar-refractivity contribution >= 4 is 11.6 Å². The van der Waals surface area contributed by atoms with Gasteiger partial charge in [-0.2, -0.15) is 13.2 Å². The van der Waals surface area contributed by atoms with E-state index in [1.807, 2.05) is 0 Å². The number of nitrogens with zero attached hydrogens (tertiary/aromatic N) is 3. The number of rotatable bonds is 4. The molecule has 108 valence electrons. The monoisotopic (exact) mass is 287 g/mol. The number of halogens is 3. The molecule has 0 aliphatic rings. The van der Waals surface area contributed by atoms with Crippen LogP contribution in [0.15, 0.2) is 28.9 Å². The zero-order valence-electron chi connectivity index (χ0n) is 10.5. The first-order valence-electron chi connectivity index (χ1n) is 5.56. The highest BCUT2D eigenvalue weighted by molar-refractivity contribution is 5.48. The van der Waals surface area contributed by atoms with Crippen LogP contribution in [0.5, 0.6) is 0 Å². The Hall–Kier alpha value is -2.29. The van der Waals surface area contributed by atoms with E-state index in [2.05, 4.69) is 15.4 Å². The first-order chi connectivity index (χ1) is 9.40.